The maximum Gasteiger partial charge on any atom is -0.00933 e. The Morgan fingerprint density at radius 1 is 0.463 bits per heavy atom. The lowest BCUT2D eigenvalue weighted by Crippen LogP contribution is -2.29. The summed E-state index contributed by atoms with van der Waals surface area (Å²) in [5.74, 6) is 0. The molecule has 0 N–H and O–H groups in total. The van der Waals surface area contributed by atoms with Crippen molar-refractivity contribution in [1.82, 2.24) is 0 Å². The van der Waals surface area contributed by atoms with E-state index in [-0.39, 0.29) is 0 Å². The largest absolute Gasteiger partial charge is 0.0911 e. The summed E-state index contributed by atoms with van der Waals surface area (Å²) in [5, 5.41) is 9.94. The van der Waals surface area contributed by atoms with E-state index in [4.69, 9.17) is 6.58 Å². The summed E-state index contributed by atoms with van der Waals surface area (Å²) < 4.78 is 0. The van der Waals surface area contributed by atoms with Gasteiger partial charge in [-0.2, -0.15) is 0 Å². The van der Waals surface area contributed by atoms with Crippen LogP contribution in [0.15, 0.2) is 201 Å². The SMILES string of the molecule is C=C(/C=C\c1ccccc1)c1cccc(-c2ccc3ccccc3c2)ccc(C2=c3ccccc3=CCC2)c2ccc(-c3ccc4ccccc4c3)cc12. The molecule has 0 saturated heterocycles. The molecule has 0 spiro atoms. The van der Waals surface area contributed by atoms with E-state index in [9.17, 15) is 0 Å². The third-order valence-corrected chi connectivity index (χ3v) is 10.7. The molecule has 0 amide bonds. The molecule has 1 aliphatic rings. The van der Waals surface area contributed by atoms with Gasteiger partial charge in [0.1, 0.15) is 0 Å². The molecule has 9 rings (SSSR count). The van der Waals surface area contributed by atoms with Crippen LogP contribution in [0.5, 0.6) is 0 Å². The number of allylic oxidation sites excluding steroid dienone is 2. The maximum absolute atomic E-state index is 4.71. The fourth-order valence-corrected chi connectivity index (χ4v) is 7.90. The molecule has 256 valence electrons. The third kappa shape index (κ3) is 6.67. The first-order chi connectivity index (χ1) is 26.7. The van der Waals surface area contributed by atoms with E-state index in [1.54, 1.807) is 0 Å². The molecule has 0 bridgehead atoms. The molecule has 0 aliphatic heterocycles. The van der Waals surface area contributed by atoms with E-state index >= 15 is 0 Å². The standard InChI is InChI=1S/C54H40/c1-38(25-26-39-13-3-2-4-14-39)49-23-11-20-42(46-29-27-40-15-5-7-18-44(40)35-46)31-33-52(51-24-12-21-43-17-9-10-22-50(43)51)53-34-32-48(37-54(49)53)47-30-28-41-16-6-8-19-45(41)36-47/h2-11,13-23,25-37H,1,12,24H2/b20-11?,23-11?,26-25-,33-31?,42-20?,42-31?,49-23?,52-33?,53-52?,54-49?. The quantitative estimate of drug-likeness (QED) is 0.153. The smallest absolute Gasteiger partial charge is 0.00933 e. The van der Waals surface area contributed by atoms with E-state index in [1.807, 2.05) is 0 Å². The Kier molecular flexibility index (Phi) is 9.01. The summed E-state index contributed by atoms with van der Waals surface area (Å²) in [6, 6.07) is 68.5. The average Bonchev–Trinajstić information content (AvgIpc) is 3.24. The molecule has 0 atom stereocenters. The van der Waals surface area contributed by atoms with Gasteiger partial charge in [-0.05, 0) is 124 Å². The van der Waals surface area contributed by atoms with Gasteiger partial charge in [-0.3, -0.25) is 0 Å². The second kappa shape index (κ2) is 14.7. The summed E-state index contributed by atoms with van der Waals surface area (Å²) in [7, 11) is 0. The molecular weight excluding hydrogens is 649 g/mol. The third-order valence-electron chi connectivity index (χ3n) is 10.7. The number of rotatable bonds is 6. The van der Waals surface area contributed by atoms with Crippen LogP contribution in [0, 0.1) is 0 Å². The molecule has 0 radical (unpaired) electrons. The first-order valence-electron chi connectivity index (χ1n) is 18.8. The van der Waals surface area contributed by atoms with Crippen molar-refractivity contribution in [3.8, 4) is 22.3 Å². The van der Waals surface area contributed by atoms with Crippen LogP contribution in [0.25, 0.3) is 77.9 Å². The predicted molar refractivity (Wildman–Crippen MR) is 234 cm³/mol. The van der Waals surface area contributed by atoms with E-state index in [0.29, 0.717) is 0 Å². The van der Waals surface area contributed by atoms with Crippen molar-refractivity contribution in [2.24, 2.45) is 0 Å². The highest BCUT2D eigenvalue weighted by molar-refractivity contribution is 6.03. The van der Waals surface area contributed by atoms with Crippen molar-refractivity contribution >= 4 is 55.6 Å². The van der Waals surface area contributed by atoms with Crippen LogP contribution in [0.3, 0.4) is 0 Å². The number of fused-ring (bicyclic) bond motifs is 4. The zero-order valence-corrected chi connectivity index (χ0v) is 30.3. The van der Waals surface area contributed by atoms with Crippen LogP contribution in [0.2, 0.25) is 0 Å². The lowest BCUT2D eigenvalue weighted by molar-refractivity contribution is 1.08. The summed E-state index contributed by atoms with van der Waals surface area (Å²) in [4.78, 5) is 0. The molecule has 0 nitrogen and oxygen atoms in total. The van der Waals surface area contributed by atoms with Crippen molar-refractivity contribution in [2.45, 2.75) is 12.8 Å². The average molecular weight is 689 g/mol. The molecule has 0 aromatic heterocycles. The van der Waals surface area contributed by atoms with Gasteiger partial charge in [-0.1, -0.05) is 195 Å². The zero-order valence-electron chi connectivity index (χ0n) is 30.3. The first-order valence-corrected chi connectivity index (χ1v) is 18.8. The minimum atomic E-state index is 0.957. The normalized spacial score (nSPS) is 12.4. The van der Waals surface area contributed by atoms with Crippen LogP contribution in [0.4, 0.5) is 0 Å². The molecule has 0 unspecified atom stereocenters. The fraction of sp³-hybridized carbons (Fsp3) is 0.0370. The highest BCUT2D eigenvalue weighted by atomic mass is 14.2. The van der Waals surface area contributed by atoms with Gasteiger partial charge >= 0.3 is 0 Å². The van der Waals surface area contributed by atoms with Gasteiger partial charge in [0.25, 0.3) is 0 Å². The Morgan fingerprint density at radius 3 is 1.83 bits per heavy atom. The van der Waals surface area contributed by atoms with Gasteiger partial charge in [0.05, 0.1) is 0 Å². The maximum atomic E-state index is 4.71. The molecule has 54 heavy (non-hydrogen) atoms. The molecule has 8 aromatic carbocycles. The number of hydrogen-bond donors (Lipinski definition) is 0. The number of benzene rings is 7. The van der Waals surface area contributed by atoms with Gasteiger partial charge in [-0.15, -0.1) is 0 Å². The van der Waals surface area contributed by atoms with E-state index in [2.05, 4.69) is 206 Å². The van der Waals surface area contributed by atoms with Crippen molar-refractivity contribution in [3.05, 3.63) is 228 Å². The monoisotopic (exact) mass is 688 g/mol. The highest BCUT2D eigenvalue weighted by Gasteiger charge is 2.13. The Hall–Kier alpha value is -6.76. The Labute approximate surface area is 317 Å². The second-order valence-corrected chi connectivity index (χ2v) is 14.1. The predicted octanol–water partition coefficient (Wildman–Crippen LogP) is 13.1. The lowest BCUT2D eigenvalue weighted by Gasteiger charge is -2.16. The van der Waals surface area contributed by atoms with Crippen molar-refractivity contribution in [1.29, 1.82) is 0 Å². The zero-order chi connectivity index (χ0) is 36.3. The van der Waals surface area contributed by atoms with E-state index in [0.717, 1.165) is 35.1 Å². The van der Waals surface area contributed by atoms with E-state index < -0.39 is 0 Å². The Bertz CT molecular complexity index is 2940. The van der Waals surface area contributed by atoms with Crippen molar-refractivity contribution in [2.75, 3.05) is 0 Å². The van der Waals surface area contributed by atoms with Crippen LogP contribution in [-0.2, 0) is 0 Å². The van der Waals surface area contributed by atoms with Crippen molar-refractivity contribution < 1.29 is 0 Å². The molecular formula is C54H40. The van der Waals surface area contributed by atoms with Gasteiger partial charge in [0, 0.05) is 0 Å². The van der Waals surface area contributed by atoms with Crippen molar-refractivity contribution in [3.63, 3.8) is 0 Å². The van der Waals surface area contributed by atoms with Gasteiger partial charge in [-0.25, -0.2) is 0 Å². The van der Waals surface area contributed by atoms with Gasteiger partial charge in [0.2, 0.25) is 0 Å². The van der Waals surface area contributed by atoms with Crippen LogP contribution in [-0.4, -0.2) is 0 Å². The molecule has 0 heteroatoms. The molecule has 8 aromatic rings. The number of hydrogen-bond acceptors (Lipinski definition) is 0. The molecule has 0 heterocycles. The van der Waals surface area contributed by atoms with E-state index in [1.165, 1.54) is 70.6 Å². The van der Waals surface area contributed by atoms with Gasteiger partial charge < -0.3 is 0 Å². The summed E-state index contributed by atoms with van der Waals surface area (Å²) in [6.07, 6.45) is 8.68. The van der Waals surface area contributed by atoms with Crippen LogP contribution in [0.1, 0.15) is 29.5 Å². The summed E-state index contributed by atoms with van der Waals surface area (Å²) >= 11 is 0. The van der Waals surface area contributed by atoms with Crippen LogP contribution >= 0.6 is 0 Å². The summed E-state index contributed by atoms with van der Waals surface area (Å²) in [5.41, 5.74) is 10.5. The van der Waals surface area contributed by atoms with Gasteiger partial charge in [0.15, 0.2) is 0 Å². The first kappa shape index (κ1) is 33.1. The topological polar surface area (TPSA) is 0 Å². The summed E-state index contributed by atoms with van der Waals surface area (Å²) in [6.45, 7) is 4.71. The molecule has 0 saturated carbocycles. The molecule has 1 aliphatic carbocycles. The highest BCUT2D eigenvalue weighted by Crippen LogP contribution is 2.35. The minimum Gasteiger partial charge on any atom is -0.0911 e. The fourth-order valence-electron chi connectivity index (χ4n) is 7.90. The Balaban J connectivity index is 1.36. The second-order valence-electron chi connectivity index (χ2n) is 14.1. The Morgan fingerprint density at radius 2 is 1.07 bits per heavy atom. The molecule has 0 fully saturated rings. The van der Waals surface area contributed by atoms with Crippen LogP contribution < -0.4 is 10.4 Å². The minimum absolute atomic E-state index is 0.957. The lowest BCUT2D eigenvalue weighted by atomic mass is 9.88.